The van der Waals surface area contributed by atoms with Crippen molar-refractivity contribution < 1.29 is 24.9 Å². The van der Waals surface area contributed by atoms with Crippen molar-refractivity contribution in [2.45, 2.75) is 13.3 Å². The van der Waals surface area contributed by atoms with Crippen LogP contribution in [0.4, 0.5) is 0 Å². The summed E-state index contributed by atoms with van der Waals surface area (Å²) in [5, 5.41) is 26.0. The normalized spacial score (nSPS) is 10.4. The lowest BCUT2D eigenvalue weighted by Crippen LogP contribution is -2.32. The first kappa shape index (κ1) is 18.9. The molecule has 0 aliphatic carbocycles. The molecule has 0 heterocycles. The van der Waals surface area contributed by atoms with Crippen molar-refractivity contribution in [1.29, 1.82) is 0 Å². The molecule has 0 aliphatic rings. The smallest absolute Gasteiger partial charge is 0.151 e. The van der Waals surface area contributed by atoms with Gasteiger partial charge in [-0.05, 0) is 12.5 Å². The van der Waals surface area contributed by atoms with Gasteiger partial charge >= 0.3 is 0 Å². The van der Waals surface area contributed by atoms with Crippen LogP contribution in [0.3, 0.4) is 0 Å². The monoisotopic (exact) mass is 346 g/mol. The minimum Gasteiger partial charge on any atom is -0.396 e. The van der Waals surface area contributed by atoms with Crippen molar-refractivity contribution in [1.82, 2.24) is 0 Å². The van der Waals surface area contributed by atoms with E-state index in [2.05, 4.69) is 15.9 Å². The largest absolute Gasteiger partial charge is 0.396 e. The lowest BCUT2D eigenvalue weighted by Gasteiger charge is -2.24. The fraction of sp³-hybridized carbons (Fsp3) is 0.429. The molecular weight excluding hydrogens is 328 g/mol. The highest BCUT2D eigenvalue weighted by Crippen LogP contribution is 2.18. The lowest BCUT2D eigenvalue weighted by atomic mass is 9.88. The van der Waals surface area contributed by atoms with Gasteiger partial charge in [-0.15, -0.1) is 0 Å². The molecule has 6 heteroatoms. The van der Waals surface area contributed by atoms with Gasteiger partial charge in [0.2, 0.25) is 0 Å². The van der Waals surface area contributed by atoms with Crippen LogP contribution in [-0.4, -0.2) is 47.7 Å². The number of carbonyl (C=O) groups is 2. The van der Waals surface area contributed by atoms with Crippen molar-refractivity contribution in [3.63, 3.8) is 0 Å². The average Bonchev–Trinajstić information content (AvgIpc) is 2.50. The maximum absolute atomic E-state index is 10.4. The van der Waals surface area contributed by atoms with Crippen LogP contribution in [0.25, 0.3) is 0 Å². The molecule has 0 atom stereocenters. The van der Waals surface area contributed by atoms with Gasteiger partial charge in [0.25, 0.3) is 0 Å². The molecule has 0 spiro atoms. The summed E-state index contributed by atoms with van der Waals surface area (Å²) in [7, 11) is 0. The van der Waals surface area contributed by atoms with Crippen LogP contribution in [0.1, 0.15) is 34.1 Å². The van der Waals surface area contributed by atoms with E-state index in [1.165, 1.54) is 0 Å². The van der Waals surface area contributed by atoms with Crippen molar-refractivity contribution in [3.8, 4) is 0 Å². The Morgan fingerprint density at radius 3 is 1.90 bits per heavy atom. The molecule has 5 nitrogen and oxygen atoms in total. The number of aliphatic hydroxyl groups is 3. The van der Waals surface area contributed by atoms with E-state index in [-0.39, 0.29) is 19.8 Å². The Kier molecular flexibility index (Phi) is 9.24. The third-order valence-corrected chi connectivity index (χ3v) is 3.78. The SMILES string of the molecule is CCC(CO)(CO)CO.O=Cc1cccc(Br)c1C=O. The molecule has 0 aromatic heterocycles. The van der Waals surface area contributed by atoms with Crippen molar-refractivity contribution >= 4 is 28.5 Å². The first-order valence-electron chi connectivity index (χ1n) is 6.05. The van der Waals surface area contributed by atoms with E-state index in [9.17, 15) is 9.59 Å². The average molecular weight is 347 g/mol. The van der Waals surface area contributed by atoms with Crippen molar-refractivity contribution in [3.05, 3.63) is 33.8 Å². The third kappa shape index (κ3) is 5.13. The molecule has 20 heavy (non-hydrogen) atoms. The summed E-state index contributed by atoms with van der Waals surface area (Å²) in [5.41, 5.74) is 0.150. The molecule has 0 unspecified atom stereocenters. The highest BCUT2D eigenvalue weighted by molar-refractivity contribution is 9.10. The zero-order valence-corrected chi connectivity index (χ0v) is 12.8. The summed E-state index contributed by atoms with van der Waals surface area (Å²) in [5.74, 6) is 0. The maximum Gasteiger partial charge on any atom is 0.151 e. The Balaban J connectivity index is 0.000000370. The Morgan fingerprint density at radius 2 is 1.65 bits per heavy atom. The Labute approximate surface area is 126 Å². The molecule has 1 aromatic rings. The Hall–Kier alpha value is -1.08. The van der Waals surface area contributed by atoms with Gasteiger partial charge in [0.05, 0.1) is 19.8 Å². The van der Waals surface area contributed by atoms with Gasteiger partial charge in [0.1, 0.15) is 0 Å². The lowest BCUT2D eigenvalue weighted by molar-refractivity contribution is 0.00304. The van der Waals surface area contributed by atoms with E-state index < -0.39 is 5.41 Å². The summed E-state index contributed by atoms with van der Waals surface area (Å²) in [4.78, 5) is 20.8. The van der Waals surface area contributed by atoms with E-state index in [0.717, 1.165) is 0 Å². The number of rotatable bonds is 6. The molecular formula is C14H19BrO5. The van der Waals surface area contributed by atoms with E-state index in [1.807, 2.05) is 6.92 Å². The molecule has 0 radical (unpaired) electrons. The van der Waals surface area contributed by atoms with E-state index in [0.29, 0.717) is 34.6 Å². The fourth-order valence-corrected chi connectivity index (χ4v) is 1.74. The minimum atomic E-state index is -0.667. The number of carbonyl (C=O) groups excluding carboxylic acids is 2. The standard InChI is InChI=1S/C8H5BrO2.C6H14O3/c9-8-3-1-2-6(4-10)7(8)5-11;1-2-6(3-7,4-8)5-9/h1-5H;7-9H,2-5H2,1H3. The third-order valence-electron chi connectivity index (χ3n) is 3.09. The van der Waals surface area contributed by atoms with Crippen molar-refractivity contribution in [2.75, 3.05) is 19.8 Å². The zero-order chi connectivity index (χ0) is 15.6. The predicted molar refractivity (Wildman–Crippen MR) is 78.9 cm³/mol. The van der Waals surface area contributed by atoms with E-state index in [4.69, 9.17) is 15.3 Å². The number of hydrogen-bond acceptors (Lipinski definition) is 5. The molecule has 1 rings (SSSR count). The van der Waals surface area contributed by atoms with Gasteiger partial charge in [0.15, 0.2) is 12.6 Å². The number of halogens is 1. The van der Waals surface area contributed by atoms with Gasteiger partial charge in [-0.2, -0.15) is 0 Å². The van der Waals surface area contributed by atoms with Crippen LogP contribution in [0.2, 0.25) is 0 Å². The molecule has 0 saturated heterocycles. The van der Waals surface area contributed by atoms with Crippen LogP contribution < -0.4 is 0 Å². The summed E-state index contributed by atoms with van der Waals surface area (Å²) in [6, 6.07) is 5.03. The first-order chi connectivity index (χ1) is 9.53. The topological polar surface area (TPSA) is 94.8 Å². The maximum atomic E-state index is 10.4. The van der Waals surface area contributed by atoms with Crippen LogP contribution >= 0.6 is 15.9 Å². The zero-order valence-electron chi connectivity index (χ0n) is 11.3. The van der Waals surface area contributed by atoms with Crippen LogP contribution in [0.5, 0.6) is 0 Å². The molecule has 3 N–H and O–H groups in total. The predicted octanol–water partition coefficient (Wildman–Crippen LogP) is 1.43. The van der Waals surface area contributed by atoms with E-state index in [1.54, 1.807) is 18.2 Å². The summed E-state index contributed by atoms with van der Waals surface area (Å²) in [6.45, 7) is 1.35. The second kappa shape index (κ2) is 9.77. The Bertz CT molecular complexity index is 412. The minimum absolute atomic E-state index is 0.156. The summed E-state index contributed by atoms with van der Waals surface area (Å²) >= 11 is 3.16. The molecule has 0 bridgehead atoms. The van der Waals surface area contributed by atoms with E-state index >= 15 is 0 Å². The molecule has 0 fully saturated rings. The fourth-order valence-electron chi connectivity index (χ4n) is 1.27. The van der Waals surface area contributed by atoms with Crippen molar-refractivity contribution in [2.24, 2.45) is 5.41 Å². The van der Waals surface area contributed by atoms with Crippen LogP contribution in [0, 0.1) is 5.41 Å². The van der Waals surface area contributed by atoms with Gasteiger partial charge < -0.3 is 15.3 Å². The van der Waals surface area contributed by atoms with Gasteiger partial charge in [-0.1, -0.05) is 35.0 Å². The molecule has 112 valence electrons. The summed E-state index contributed by atoms with van der Waals surface area (Å²) < 4.78 is 0.650. The first-order valence-corrected chi connectivity index (χ1v) is 6.84. The highest BCUT2D eigenvalue weighted by Gasteiger charge is 2.24. The number of benzene rings is 1. The molecule has 0 saturated carbocycles. The Morgan fingerprint density at radius 1 is 1.10 bits per heavy atom. The van der Waals surface area contributed by atoms with Gasteiger partial charge in [-0.25, -0.2) is 0 Å². The quantitative estimate of drug-likeness (QED) is 0.677. The number of hydrogen-bond donors (Lipinski definition) is 3. The summed E-state index contributed by atoms with van der Waals surface area (Å²) in [6.07, 6.45) is 1.92. The van der Waals surface area contributed by atoms with Gasteiger partial charge in [0, 0.05) is 21.0 Å². The van der Waals surface area contributed by atoms with Crippen LogP contribution in [0.15, 0.2) is 22.7 Å². The second-order valence-corrected chi connectivity index (χ2v) is 5.16. The highest BCUT2D eigenvalue weighted by atomic mass is 79.9. The second-order valence-electron chi connectivity index (χ2n) is 4.31. The van der Waals surface area contributed by atoms with Crippen LogP contribution in [-0.2, 0) is 0 Å². The molecule has 1 aromatic carbocycles. The van der Waals surface area contributed by atoms with Gasteiger partial charge in [-0.3, -0.25) is 9.59 Å². The molecule has 0 aliphatic heterocycles. The molecule has 0 amide bonds. The number of aldehydes is 2. The number of aliphatic hydroxyl groups excluding tert-OH is 3.